The molecule has 4 heteroatoms. The lowest BCUT2D eigenvalue weighted by atomic mass is 9.92. The van der Waals surface area contributed by atoms with Crippen LogP contribution < -0.4 is 11.5 Å². The molecule has 2 atom stereocenters. The minimum atomic E-state index is 0. The molecule has 1 fully saturated rings. The fraction of sp³-hybridized carbons (Fsp3) is 1.00. The summed E-state index contributed by atoms with van der Waals surface area (Å²) in [5.74, 6) is 0. The van der Waals surface area contributed by atoms with Gasteiger partial charge in [0.15, 0.2) is 0 Å². The Labute approximate surface area is 74.5 Å². The van der Waals surface area contributed by atoms with Crippen LogP contribution in [0.4, 0.5) is 0 Å². The van der Waals surface area contributed by atoms with Crippen molar-refractivity contribution in [3.63, 3.8) is 0 Å². The first-order valence-corrected chi connectivity index (χ1v) is 3.30. The highest BCUT2D eigenvalue weighted by molar-refractivity contribution is 5.85. The topological polar surface area (TPSA) is 52.0 Å². The zero-order valence-electron chi connectivity index (χ0n) is 5.95. The summed E-state index contributed by atoms with van der Waals surface area (Å²) in [6.45, 7) is 0. The Morgan fingerprint density at radius 1 is 0.900 bits per heavy atom. The van der Waals surface area contributed by atoms with Gasteiger partial charge in [0.1, 0.15) is 0 Å². The maximum atomic E-state index is 5.65. The SMILES string of the molecule is Cl.Cl.N[C@H]1CCC[C@H](N)C1. The fourth-order valence-electron chi connectivity index (χ4n) is 1.27. The highest BCUT2D eigenvalue weighted by atomic mass is 35.5. The molecule has 0 aromatic rings. The molecule has 1 rings (SSSR count). The van der Waals surface area contributed by atoms with Crippen molar-refractivity contribution in [1.29, 1.82) is 0 Å². The number of hydrogen-bond donors (Lipinski definition) is 2. The highest BCUT2D eigenvalue weighted by Crippen LogP contribution is 2.14. The van der Waals surface area contributed by atoms with Gasteiger partial charge in [0, 0.05) is 12.1 Å². The van der Waals surface area contributed by atoms with Gasteiger partial charge in [0.2, 0.25) is 0 Å². The summed E-state index contributed by atoms with van der Waals surface area (Å²) in [4.78, 5) is 0. The van der Waals surface area contributed by atoms with E-state index in [1.807, 2.05) is 0 Å². The third-order valence-electron chi connectivity index (χ3n) is 1.76. The second-order valence-corrected chi connectivity index (χ2v) is 2.69. The van der Waals surface area contributed by atoms with Gasteiger partial charge in [-0.1, -0.05) is 6.42 Å². The van der Waals surface area contributed by atoms with Crippen LogP contribution in [0, 0.1) is 0 Å². The van der Waals surface area contributed by atoms with Crippen LogP contribution in [0.25, 0.3) is 0 Å². The van der Waals surface area contributed by atoms with Gasteiger partial charge in [-0.25, -0.2) is 0 Å². The zero-order chi connectivity index (χ0) is 5.98. The number of halogens is 2. The highest BCUT2D eigenvalue weighted by Gasteiger charge is 2.14. The van der Waals surface area contributed by atoms with E-state index in [1.165, 1.54) is 19.3 Å². The van der Waals surface area contributed by atoms with Crippen LogP contribution >= 0.6 is 24.8 Å². The second-order valence-electron chi connectivity index (χ2n) is 2.69. The van der Waals surface area contributed by atoms with Crippen LogP contribution in [0.1, 0.15) is 25.7 Å². The summed E-state index contributed by atoms with van der Waals surface area (Å²) in [7, 11) is 0. The standard InChI is InChI=1S/C6H14N2.2ClH/c7-5-2-1-3-6(8)4-5;;/h5-6H,1-4,7-8H2;2*1H/t5-,6-;;/m0../s1. The van der Waals surface area contributed by atoms with Crippen molar-refractivity contribution in [2.45, 2.75) is 37.8 Å². The molecule has 1 aliphatic rings. The maximum Gasteiger partial charge on any atom is 0.00535 e. The molecule has 1 aliphatic carbocycles. The summed E-state index contributed by atoms with van der Waals surface area (Å²) in [6.07, 6.45) is 4.60. The summed E-state index contributed by atoms with van der Waals surface area (Å²) in [6, 6.07) is 0.775. The van der Waals surface area contributed by atoms with Gasteiger partial charge in [-0.15, -0.1) is 24.8 Å². The van der Waals surface area contributed by atoms with E-state index in [0.717, 1.165) is 6.42 Å². The molecule has 10 heavy (non-hydrogen) atoms. The first kappa shape index (κ1) is 13.1. The van der Waals surface area contributed by atoms with Crippen molar-refractivity contribution in [3.05, 3.63) is 0 Å². The quantitative estimate of drug-likeness (QED) is 0.595. The predicted octanol–water partition coefficient (Wildman–Crippen LogP) is 1.06. The average molecular weight is 187 g/mol. The van der Waals surface area contributed by atoms with Gasteiger partial charge in [0.25, 0.3) is 0 Å². The lowest BCUT2D eigenvalue weighted by Crippen LogP contribution is -2.35. The van der Waals surface area contributed by atoms with Crippen molar-refractivity contribution >= 4 is 24.8 Å². The lowest BCUT2D eigenvalue weighted by Gasteiger charge is -2.22. The van der Waals surface area contributed by atoms with Crippen molar-refractivity contribution in [1.82, 2.24) is 0 Å². The fourth-order valence-corrected chi connectivity index (χ4v) is 1.27. The monoisotopic (exact) mass is 186 g/mol. The van der Waals surface area contributed by atoms with Crippen LogP contribution in [0.5, 0.6) is 0 Å². The smallest absolute Gasteiger partial charge is 0.00535 e. The molecule has 1 saturated carbocycles. The molecule has 0 spiro atoms. The molecule has 64 valence electrons. The molecule has 0 aromatic carbocycles. The van der Waals surface area contributed by atoms with Crippen molar-refractivity contribution in [2.75, 3.05) is 0 Å². The van der Waals surface area contributed by atoms with Crippen LogP contribution in [-0.4, -0.2) is 12.1 Å². The van der Waals surface area contributed by atoms with Crippen LogP contribution in [-0.2, 0) is 0 Å². The molecular weight excluding hydrogens is 171 g/mol. The van der Waals surface area contributed by atoms with E-state index in [1.54, 1.807) is 0 Å². The normalized spacial score (nSPS) is 31.8. The largest absolute Gasteiger partial charge is 0.328 e. The van der Waals surface area contributed by atoms with Crippen molar-refractivity contribution in [2.24, 2.45) is 11.5 Å². The maximum absolute atomic E-state index is 5.65. The Kier molecular flexibility index (Phi) is 8.17. The van der Waals surface area contributed by atoms with Gasteiger partial charge < -0.3 is 11.5 Å². The molecule has 4 N–H and O–H groups in total. The molecule has 0 saturated heterocycles. The third-order valence-corrected chi connectivity index (χ3v) is 1.76. The third kappa shape index (κ3) is 4.34. The lowest BCUT2D eigenvalue weighted by molar-refractivity contribution is 0.392. The van der Waals surface area contributed by atoms with E-state index in [9.17, 15) is 0 Å². The molecule has 0 heterocycles. The van der Waals surface area contributed by atoms with Crippen molar-refractivity contribution < 1.29 is 0 Å². The van der Waals surface area contributed by atoms with Crippen LogP contribution in [0.2, 0.25) is 0 Å². The Morgan fingerprint density at radius 3 is 1.50 bits per heavy atom. The Hall–Kier alpha value is 0.500. The molecule has 0 radical (unpaired) electrons. The Balaban J connectivity index is 0. The molecule has 0 bridgehead atoms. The Morgan fingerprint density at radius 2 is 1.30 bits per heavy atom. The first-order chi connectivity index (χ1) is 3.79. The predicted molar refractivity (Wildman–Crippen MR) is 48.9 cm³/mol. The molecule has 0 aliphatic heterocycles. The minimum Gasteiger partial charge on any atom is -0.328 e. The molecule has 0 unspecified atom stereocenters. The number of rotatable bonds is 0. The summed E-state index contributed by atoms with van der Waals surface area (Å²) in [5, 5.41) is 0. The molecule has 2 nitrogen and oxygen atoms in total. The summed E-state index contributed by atoms with van der Waals surface area (Å²) < 4.78 is 0. The second kappa shape index (κ2) is 6.23. The van der Waals surface area contributed by atoms with Gasteiger partial charge in [-0.2, -0.15) is 0 Å². The average Bonchev–Trinajstić information content (AvgIpc) is 1.64. The number of nitrogens with two attached hydrogens (primary N) is 2. The molecule has 0 aromatic heterocycles. The summed E-state index contributed by atoms with van der Waals surface area (Å²) in [5.41, 5.74) is 11.3. The van der Waals surface area contributed by atoms with Crippen molar-refractivity contribution in [3.8, 4) is 0 Å². The molecule has 0 amide bonds. The van der Waals surface area contributed by atoms with E-state index < -0.39 is 0 Å². The Bertz CT molecular complexity index is 72.1. The zero-order valence-corrected chi connectivity index (χ0v) is 7.59. The van der Waals surface area contributed by atoms with Crippen LogP contribution in [0.3, 0.4) is 0 Å². The van der Waals surface area contributed by atoms with Gasteiger partial charge in [-0.3, -0.25) is 0 Å². The molecular formula is C6H16Cl2N2. The van der Waals surface area contributed by atoms with Gasteiger partial charge in [0.05, 0.1) is 0 Å². The summed E-state index contributed by atoms with van der Waals surface area (Å²) >= 11 is 0. The van der Waals surface area contributed by atoms with E-state index in [4.69, 9.17) is 11.5 Å². The van der Waals surface area contributed by atoms with Gasteiger partial charge in [-0.05, 0) is 19.3 Å². The minimum absolute atomic E-state index is 0. The van der Waals surface area contributed by atoms with Gasteiger partial charge >= 0.3 is 0 Å². The van der Waals surface area contributed by atoms with E-state index in [0.29, 0.717) is 12.1 Å². The van der Waals surface area contributed by atoms with Crippen LogP contribution in [0.15, 0.2) is 0 Å². The first-order valence-electron chi connectivity index (χ1n) is 3.30. The van der Waals surface area contributed by atoms with E-state index in [-0.39, 0.29) is 24.8 Å². The van der Waals surface area contributed by atoms with E-state index >= 15 is 0 Å². The van der Waals surface area contributed by atoms with E-state index in [2.05, 4.69) is 0 Å². The number of hydrogen-bond acceptors (Lipinski definition) is 2.